The standard InChI is InChI=1S/C17H22F3N3O3/c1-9-21-12(8-13(24)22-9)15(25)23-14(16(2,3)26)10-4-6-11(7-5-10)17(18,19)20/h4-7,9,12,14,21,26H,8H2,1-3H3,(H,22,24)(H,23,25)/t9?,12?,14-/m1/s1. The first-order valence-electron chi connectivity index (χ1n) is 8.13. The van der Waals surface area contributed by atoms with E-state index in [9.17, 15) is 27.9 Å². The van der Waals surface area contributed by atoms with Crippen LogP contribution < -0.4 is 16.0 Å². The molecule has 1 aromatic carbocycles. The zero-order chi connectivity index (χ0) is 19.7. The van der Waals surface area contributed by atoms with Crippen molar-refractivity contribution in [2.45, 2.75) is 57.2 Å². The van der Waals surface area contributed by atoms with Crippen LogP contribution in [0.15, 0.2) is 24.3 Å². The fraction of sp³-hybridized carbons (Fsp3) is 0.529. The molecule has 144 valence electrons. The lowest BCUT2D eigenvalue weighted by Gasteiger charge is -2.34. The molecule has 1 aliphatic heterocycles. The number of halogens is 3. The zero-order valence-corrected chi connectivity index (χ0v) is 14.6. The van der Waals surface area contributed by atoms with Crippen LogP contribution in [0.4, 0.5) is 13.2 Å². The lowest BCUT2D eigenvalue weighted by atomic mass is 9.90. The molecule has 0 bridgehead atoms. The van der Waals surface area contributed by atoms with E-state index in [1.54, 1.807) is 6.92 Å². The molecule has 3 atom stereocenters. The van der Waals surface area contributed by atoms with Crippen LogP contribution in [-0.2, 0) is 15.8 Å². The van der Waals surface area contributed by atoms with Gasteiger partial charge in [0.1, 0.15) is 0 Å². The summed E-state index contributed by atoms with van der Waals surface area (Å²) in [5, 5.41) is 18.5. The first-order chi connectivity index (χ1) is 11.9. The Bertz CT molecular complexity index is 669. The molecule has 0 spiro atoms. The van der Waals surface area contributed by atoms with Crippen LogP contribution in [0.5, 0.6) is 0 Å². The van der Waals surface area contributed by atoms with Crippen molar-refractivity contribution in [3.8, 4) is 0 Å². The predicted molar refractivity (Wildman–Crippen MR) is 87.8 cm³/mol. The fourth-order valence-electron chi connectivity index (χ4n) is 2.83. The van der Waals surface area contributed by atoms with Gasteiger partial charge in [-0.25, -0.2) is 0 Å². The summed E-state index contributed by atoms with van der Waals surface area (Å²) in [5.74, 6) is -0.801. The molecule has 0 radical (unpaired) electrons. The maximum absolute atomic E-state index is 12.7. The van der Waals surface area contributed by atoms with E-state index in [1.165, 1.54) is 26.0 Å². The van der Waals surface area contributed by atoms with Crippen molar-refractivity contribution >= 4 is 11.8 Å². The summed E-state index contributed by atoms with van der Waals surface area (Å²) in [5.41, 5.74) is -1.92. The summed E-state index contributed by atoms with van der Waals surface area (Å²) >= 11 is 0. The highest BCUT2D eigenvalue weighted by atomic mass is 19.4. The lowest BCUT2D eigenvalue weighted by Crippen LogP contribution is -2.60. The highest BCUT2D eigenvalue weighted by Crippen LogP contribution is 2.32. The minimum absolute atomic E-state index is 0.0677. The summed E-state index contributed by atoms with van der Waals surface area (Å²) in [6.45, 7) is 4.57. The van der Waals surface area contributed by atoms with Crippen molar-refractivity contribution in [1.29, 1.82) is 0 Å². The van der Waals surface area contributed by atoms with Gasteiger partial charge in [0.15, 0.2) is 0 Å². The maximum atomic E-state index is 12.7. The van der Waals surface area contributed by atoms with Gasteiger partial charge in [-0.15, -0.1) is 0 Å². The molecule has 0 aliphatic carbocycles. The van der Waals surface area contributed by atoms with Crippen LogP contribution in [0.2, 0.25) is 0 Å². The summed E-state index contributed by atoms with van der Waals surface area (Å²) < 4.78 is 38.1. The van der Waals surface area contributed by atoms with Crippen molar-refractivity contribution < 1.29 is 27.9 Å². The van der Waals surface area contributed by atoms with Gasteiger partial charge in [-0.3, -0.25) is 14.9 Å². The number of benzene rings is 1. The number of aliphatic hydroxyl groups is 1. The Morgan fingerprint density at radius 3 is 2.31 bits per heavy atom. The summed E-state index contributed by atoms with van der Waals surface area (Å²) in [6.07, 6.45) is -4.93. The zero-order valence-electron chi connectivity index (χ0n) is 14.6. The first kappa shape index (κ1) is 20.2. The largest absolute Gasteiger partial charge is 0.416 e. The SMILES string of the molecule is CC1NC(=O)CC(C(=O)N[C@H](c2ccc(C(F)(F)F)cc2)C(C)(C)O)N1. The highest BCUT2D eigenvalue weighted by molar-refractivity contribution is 5.89. The molecular formula is C17H22F3N3O3. The average molecular weight is 373 g/mol. The number of hydrogen-bond acceptors (Lipinski definition) is 4. The van der Waals surface area contributed by atoms with Gasteiger partial charge >= 0.3 is 6.18 Å². The molecule has 1 aliphatic rings. The van der Waals surface area contributed by atoms with Crippen LogP contribution in [0.3, 0.4) is 0 Å². The average Bonchev–Trinajstić information content (AvgIpc) is 2.49. The molecule has 2 unspecified atom stereocenters. The van der Waals surface area contributed by atoms with Crippen LogP contribution >= 0.6 is 0 Å². The molecule has 6 nitrogen and oxygen atoms in total. The number of rotatable bonds is 4. The lowest BCUT2D eigenvalue weighted by molar-refractivity contribution is -0.137. The highest BCUT2D eigenvalue weighted by Gasteiger charge is 2.36. The second-order valence-electron chi connectivity index (χ2n) is 6.93. The molecule has 1 saturated heterocycles. The van der Waals surface area contributed by atoms with Gasteiger partial charge in [0.05, 0.1) is 35.8 Å². The molecule has 2 rings (SSSR count). The molecule has 0 aromatic heterocycles. The Morgan fingerprint density at radius 2 is 1.85 bits per heavy atom. The molecule has 9 heteroatoms. The molecule has 1 heterocycles. The summed E-state index contributed by atoms with van der Waals surface area (Å²) in [6, 6.07) is 2.49. The number of amides is 2. The van der Waals surface area contributed by atoms with Crippen LogP contribution in [0.1, 0.15) is 44.4 Å². The third-order valence-corrected chi connectivity index (χ3v) is 4.10. The first-order valence-corrected chi connectivity index (χ1v) is 8.13. The normalized spacial score (nSPS) is 22.5. The topological polar surface area (TPSA) is 90.5 Å². The van der Waals surface area contributed by atoms with E-state index in [2.05, 4.69) is 16.0 Å². The molecule has 4 N–H and O–H groups in total. The van der Waals surface area contributed by atoms with E-state index in [4.69, 9.17) is 0 Å². The van der Waals surface area contributed by atoms with Gasteiger partial charge in [0.2, 0.25) is 11.8 Å². The van der Waals surface area contributed by atoms with Gasteiger partial charge in [-0.1, -0.05) is 12.1 Å². The van der Waals surface area contributed by atoms with E-state index in [1.807, 2.05) is 0 Å². The quantitative estimate of drug-likeness (QED) is 0.643. The number of hydrogen-bond donors (Lipinski definition) is 4. The Hall–Kier alpha value is -2.13. The fourth-order valence-corrected chi connectivity index (χ4v) is 2.83. The van der Waals surface area contributed by atoms with E-state index in [0.29, 0.717) is 5.56 Å². The van der Waals surface area contributed by atoms with Crippen LogP contribution in [0, 0.1) is 0 Å². The van der Waals surface area contributed by atoms with Crippen molar-refractivity contribution in [2.24, 2.45) is 0 Å². The van der Waals surface area contributed by atoms with Crippen molar-refractivity contribution in [2.75, 3.05) is 0 Å². The number of carbonyl (C=O) groups excluding carboxylic acids is 2. The van der Waals surface area contributed by atoms with E-state index in [-0.39, 0.29) is 12.3 Å². The Balaban J connectivity index is 2.20. The second-order valence-corrected chi connectivity index (χ2v) is 6.93. The number of alkyl halides is 3. The van der Waals surface area contributed by atoms with Gasteiger partial charge in [-0.2, -0.15) is 13.2 Å². The second kappa shape index (κ2) is 7.24. The van der Waals surface area contributed by atoms with E-state index in [0.717, 1.165) is 12.1 Å². The van der Waals surface area contributed by atoms with Crippen LogP contribution in [0.25, 0.3) is 0 Å². The minimum atomic E-state index is -4.47. The van der Waals surface area contributed by atoms with E-state index >= 15 is 0 Å². The summed E-state index contributed by atoms with van der Waals surface area (Å²) in [4.78, 5) is 24.1. The Kier molecular flexibility index (Phi) is 5.62. The van der Waals surface area contributed by atoms with Gasteiger partial charge in [0.25, 0.3) is 0 Å². The summed E-state index contributed by atoms with van der Waals surface area (Å²) in [7, 11) is 0. The predicted octanol–water partition coefficient (Wildman–Crippen LogP) is 1.46. The molecule has 26 heavy (non-hydrogen) atoms. The Morgan fingerprint density at radius 1 is 1.27 bits per heavy atom. The smallest absolute Gasteiger partial charge is 0.388 e. The molecule has 0 saturated carbocycles. The molecule has 2 amide bonds. The third kappa shape index (κ3) is 4.95. The minimum Gasteiger partial charge on any atom is -0.388 e. The van der Waals surface area contributed by atoms with E-state index < -0.39 is 41.5 Å². The van der Waals surface area contributed by atoms with Gasteiger partial charge < -0.3 is 15.7 Å². The molecule has 1 fully saturated rings. The number of carbonyl (C=O) groups is 2. The molecule has 1 aromatic rings. The maximum Gasteiger partial charge on any atom is 0.416 e. The molecular weight excluding hydrogens is 351 g/mol. The monoisotopic (exact) mass is 373 g/mol. The van der Waals surface area contributed by atoms with Crippen molar-refractivity contribution in [3.05, 3.63) is 35.4 Å². The van der Waals surface area contributed by atoms with Gasteiger partial charge in [0, 0.05) is 0 Å². The van der Waals surface area contributed by atoms with Crippen LogP contribution in [-0.4, -0.2) is 34.7 Å². The van der Waals surface area contributed by atoms with Gasteiger partial charge in [-0.05, 0) is 38.5 Å². The number of nitrogens with one attached hydrogen (secondary N) is 3. The van der Waals surface area contributed by atoms with Crippen molar-refractivity contribution in [3.63, 3.8) is 0 Å². The Labute approximate surface area is 149 Å². The van der Waals surface area contributed by atoms with Crippen molar-refractivity contribution in [1.82, 2.24) is 16.0 Å². The third-order valence-electron chi connectivity index (χ3n) is 4.10.